The van der Waals surface area contributed by atoms with Crippen LogP contribution in [0.3, 0.4) is 0 Å². The Balaban J connectivity index is 1.70. The molecule has 8 heteroatoms. The number of aromatic nitrogens is 4. The number of urea groups is 1. The Kier molecular flexibility index (Phi) is 4.81. The molecule has 2 heterocycles. The normalized spacial score (nSPS) is 17.4. The highest BCUT2D eigenvalue weighted by Gasteiger charge is 2.29. The van der Waals surface area contributed by atoms with Gasteiger partial charge < -0.3 is 5.32 Å². The zero-order valence-corrected chi connectivity index (χ0v) is 16.3. The van der Waals surface area contributed by atoms with Crippen LogP contribution in [0.25, 0.3) is 0 Å². The Labute approximate surface area is 152 Å². The van der Waals surface area contributed by atoms with E-state index in [0.717, 1.165) is 29.8 Å². The van der Waals surface area contributed by atoms with Crippen LogP contribution < -0.4 is 10.6 Å². The fourth-order valence-corrected chi connectivity index (χ4v) is 3.84. The summed E-state index contributed by atoms with van der Waals surface area (Å²) in [6.45, 7) is 10.5. The van der Waals surface area contributed by atoms with Crippen LogP contribution in [0, 0.1) is 0 Å². The second-order valence-corrected chi connectivity index (χ2v) is 8.78. The quantitative estimate of drug-likeness (QED) is 0.869. The molecule has 0 saturated carbocycles. The predicted molar refractivity (Wildman–Crippen MR) is 99.1 cm³/mol. The van der Waals surface area contributed by atoms with Gasteiger partial charge in [-0.05, 0) is 40.0 Å². The Morgan fingerprint density at radius 1 is 1.36 bits per heavy atom. The molecule has 0 radical (unpaired) electrons. The molecule has 1 aliphatic rings. The van der Waals surface area contributed by atoms with E-state index in [1.807, 2.05) is 6.20 Å². The first-order chi connectivity index (χ1) is 11.8. The van der Waals surface area contributed by atoms with Crippen LogP contribution in [0.15, 0.2) is 6.20 Å². The van der Waals surface area contributed by atoms with Gasteiger partial charge in [0.15, 0.2) is 0 Å². The van der Waals surface area contributed by atoms with Crippen molar-refractivity contribution in [3.8, 4) is 0 Å². The minimum atomic E-state index is -0.243. The summed E-state index contributed by atoms with van der Waals surface area (Å²) in [6, 6.07) is -0.259. The summed E-state index contributed by atoms with van der Waals surface area (Å²) in [5.74, 6) is 0.306. The molecule has 0 saturated heterocycles. The first kappa shape index (κ1) is 17.8. The molecule has 0 fully saturated rings. The number of carbonyl (C=O) groups excluding carboxylic acids is 1. The molecular weight excluding hydrogens is 336 g/mol. The fraction of sp³-hybridized carbons (Fsp3) is 0.647. The van der Waals surface area contributed by atoms with Gasteiger partial charge in [-0.15, -0.1) is 10.2 Å². The van der Waals surface area contributed by atoms with Gasteiger partial charge in [-0.1, -0.05) is 25.2 Å². The molecule has 0 bridgehead atoms. The number of nitrogens with one attached hydrogen (secondary N) is 2. The van der Waals surface area contributed by atoms with E-state index < -0.39 is 0 Å². The van der Waals surface area contributed by atoms with Gasteiger partial charge in [0, 0.05) is 17.2 Å². The van der Waals surface area contributed by atoms with E-state index >= 15 is 0 Å². The van der Waals surface area contributed by atoms with Crippen molar-refractivity contribution < 1.29 is 4.79 Å². The lowest BCUT2D eigenvalue weighted by molar-refractivity contribution is 0.246. The molecular formula is C17H26N6OS. The largest absolute Gasteiger partial charge is 0.331 e. The third-order valence-corrected chi connectivity index (χ3v) is 5.42. The van der Waals surface area contributed by atoms with E-state index in [2.05, 4.69) is 65.2 Å². The smallest absolute Gasteiger partial charge is 0.321 e. The van der Waals surface area contributed by atoms with Crippen LogP contribution in [0.5, 0.6) is 0 Å². The number of amides is 2. The zero-order chi connectivity index (χ0) is 18.2. The minimum absolute atomic E-state index is 0.0164. The lowest BCUT2D eigenvalue weighted by atomic mass is 9.92. The molecule has 0 aliphatic heterocycles. The van der Waals surface area contributed by atoms with Crippen molar-refractivity contribution in [3.63, 3.8) is 0 Å². The molecule has 136 valence electrons. The van der Waals surface area contributed by atoms with Crippen LogP contribution in [0.2, 0.25) is 0 Å². The lowest BCUT2D eigenvalue weighted by Gasteiger charge is -2.28. The van der Waals surface area contributed by atoms with Crippen molar-refractivity contribution in [1.29, 1.82) is 0 Å². The van der Waals surface area contributed by atoms with Crippen LogP contribution in [-0.2, 0) is 12.0 Å². The molecule has 2 N–H and O–H groups in total. The highest BCUT2D eigenvalue weighted by atomic mass is 32.1. The summed E-state index contributed by atoms with van der Waals surface area (Å²) >= 11 is 1.41. The summed E-state index contributed by atoms with van der Waals surface area (Å²) in [5.41, 5.74) is 2.29. The number of nitrogens with zero attached hydrogens (tertiary/aromatic N) is 4. The number of hydrogen-bond donors (Lipinski definition) is 2. The number of hydrogen-bond acceptors (Lipinski definition) is 5. The van der Waals surface area contributed by atoms with Crippen molar-refractivity contribution in [2.45, 2.75) is 71.4 Å². The molecule has 2 aromatic rings. The van der Waals surface area contributed by atoms with E-state index in [1.165, 1.54) is 17.0 Å². The van der Waals surface area contributed by atoms with Crippen LogP contribution in [0.4, 0.5) is 9.93 Å². The van der Waals surface area contributed by atoms with Crippen molar-refractivity contribution >= 4 is 22.5 Å². The van der Waals surface area contributed by atoms with Crippen molar-refractivity contribution in [2.24, 2.45) is 0 Å². The fourth-order valence-electron chi connectivity index (χ4n) is 3.09. The topological polar surface area (TPSA) is 84.7 Å². The van der Waals surface area contributed by atoms with Gasteiger partial charge >= 0.3 is 6.03 Å². The zero-order valence-electron chi connectivity index (χ0n) is 15.5. The maximum atomic E-state index is 12.4. The average Bonchev–Trinajstić information content (AvgIpc) is 3.13. The number of rotatable bonds is 3. The molecule has 25 heavy (non-hydrogen) atoms. The van der Waals surface area contributed by atoms with Crippen molar-refractivity contribution in [2.75, 3.05) is 5.32 Å². The minimum Gasteiger partial charge on any atom is -0.331 e. The standard InChI is InChI=1S/C17H26N6OS/c1-10(2)14-21-22-16(25-14)20-15(24)19-12-7-6-8-13-11(12)9-18-23(13)17(3,4)5/h9-10,12H,6-8H2,1-5H3,(H2,19,20,22,24)/t12-/m1/s1. The maximum Gasteiger partial charge on any atom is 0.321 e. The van der Waals surface area contributed by atoms with Crippen LogP contribution >= 0.6 is 11.3 Å². The van der Waals surface area contributed by atoms with Crippen LogP contribution in [0.1, 0.15) is 75.7 Å². The Hall–Kier alpha value is -1.96. The van der Waals surface area contributed by atoms with Crippen molar-refractivity contribution in [3.05, 3.63) is 22.5 Å². The van der Waals surface area contributed by atoms with Gasteiger partial charge in [0.05, 0.1) is 17.8 Å². The van der Waals surface area contributed by atoms with Gasteiger partial charge in [0.25, 0.3) is 0 Å². The number of carbonyl (C=O) groups is 1. The predicted octanol–water partition coefficient (Wildman–Crippen LogP) is 3.81. The Bertz CT molecular complexity index is 758. The first-order valence-corrected chi connectivity index (χ1v) is 9.55. The molecule has 2 aromatic heterocycles. The molecule has 2 amide bonds. The molecule has 1 aliphatic carbocycles. The van der Waals surface area contributed by atoms with E-state index in [1.54, 1.807) is 0 Å². The monoisotopic (exact) mass is 362 g/mol. The molecule has 7 nitrogen and oxygen atoms in total. The summed E-state index contributed by atoms with van der Waals surface area (Å²) in [6.07, 6.45) is 4.85. The summed E-state index contributed by atoms with van der Waals surface area (Å²) in [4.78, 5) is 12.4. The highest BCUT2D eigenvalue weighted by Crippen LogP contribution is 2.32. The summed E-state index contributed by atoms with van der Waals surface area (Å²) < 4.78 is 2.08. The van der Waals surface area contributed by atoms with E-state index in [0.29, 0.717) is 11.0 Å². The number of fused-ring (bicyclic) bond motifs is 1. The lowest BCUT2D eigenvalue weighted by Crippen LogP contribution is -2.35. The van der Waals surface area contributed by atoms with Gasteiger partial charge in [-0.2, -0.15) is 5.10 Å². The number of anilines is 1. The van der Waals surface area contributed by atoms with E-state index in [-0.39, 0.29) is 17.6 Å². The third-order valence-electron chi connectivity index (χ3n) is 4.28. The Morgan fingerprint density at radius 3 is 2.76 bits per heavy atom. The second kappa shape index (κ2) is 6.74. The highest BCUT2D eigenvalue weighted by molar-refractivity contribution is 7.15. The third kappa shape index (κ3) is 3.84. The van der Waals surface area contributed by atoms with Crippen LogP contribution in [-0.4, -0.2) is 26.0 Å². The SMILES string of the molecule is CC(C)c1nnc(NC(=O)N[C@@H]2CCCc3c2cnn3C(C)(C)C)s1. The van der Waals surface area contributed by atoms with Crippen molar-refractivity contribution in [1.82, 2.24) is 25.3 Å². The first-order valence-electron chi connectivity index (χ1n) is 8.74. The van der Waals surface area contributed by atoms with Gasteiger partial charge in [0.2, 0.25) is 5.13 Å². The molecule has 1 atom stereocenters. The second-order valence-electron chi connectivity index (χ2n) is 7.77. The molecule has 0 unspecified atom stereocenters. The summed E-state index contributed by atoms with van der Waals surface area (Å²) in [7, 11) is 0. The maximum absolute atomic E-state index is 12.4. The van der Waals surface area contributed by atoms with Gasteiger partial charge in [-0.3, -0.25) is 10.00 Å². The molecule has 0 spiro atoms. The van der Waals surface area contributed by atoms with E-state index in [4.69, 9.17) is 0 Å². The van der Waals surface area contributed by atoms with E-state index in [9.17, 15) is 4.79 Å². The van der Waals surface area contributed by atoms with Gasteiger partial charge in [-0.25, -0.2) is 4.79 Å². The van der Waals surface area contributed by atoms with Gasteiger partial charge in [0.1, 0.15) is 5.01 Å². The summed E-state index contributed by atoms with van der Waals surface area (Å²) in [5, 5.41) is 20.0. The molecule has 3 rings (SSSR count). The average molecular weight is 363 g/mol. The molecule has 0 aromatic carbocycles. The Morgan fingerprint density at radius 2 is 2.12 bits per heavy atom.